The number of carbonyl (C=O) groups is 1. The lowest BCUT2D eigenvalue weighted by atomic mass is 9.87. The molecule has 21 heavy (non-hydrogen) atoms. The van der Waals surface area contributed by atoms with Crippen LogP contribution in [-0.4, -0.2) is 23.8 Å². The summed E-state index contributed by atoms with van der Waals surface area (Å²) in [5.74, 6) is 0.394. The van der Waals surface area contributed by atoms with Gasteiger partial charge >= 0.3 is 6.03 Å². The van der Waals surface area contributed by atoms with Crippen LogP contribution in [0.4, 0.5) is 10.5 Å². The van der Waals surface area contributed by atoms with E-state index in [-0.39, 0.29) is 12.1 Å². The van der Waals surface area contributed by atoms with Crippen molar-refractivity contribution in [2.75, 3.05) is 11.9 Å². The minimum atomic E-state index is -0.195. The number of anilines is 1. The van der Waals surface area contributed by atoms with Crippen LogP contribution in [0.3, 0.4) is 0 Å². The van der Waals surface area contributed by atoms with Gasteiger partial charge in [0.2, 0.25) is 0 Å². The molecule has 3 N–H and O–H groups in total. The topological polar surface area (TPSA) is 61.4 Å². The standard InChI is InChI=1S/C17H26N2O2/c1-2-6-14-8-3-4-10-16(14)19-17(21)18-12-13-7-5-9-15(20)11-13/h3-4,8,10,13,15,20H,2,5-7,9,11-12H2,1H3,(H2,18,19,21). The molecule has 0 aromatic heterocycles. The van der Waals surface area contributed by atoms with E-state index in [0.717, 1.165) is 44.2 Å². The number of para-hydroxylation sites is 1. The van der Waals surface area contributed by atoms with E-state index in [1.54, 1.807) is 0 Å². The van der Waals surface area contributed by atoms with Crippen molar-refractivity contribution >= 4 is 11.7 Å². The van der Waals surface area contributed by atoms with Crippen LogP contribution in [0, 0.1) is 5.92 Å². The highest BCUT2D eigenvalue weighted by Gasteiger charge is 2.20. The number of benzene rings is 1. The zero-order valence-electron chi connectivity index (χ0n) is 12.8. The van der Waals surface area contributed by atoms with E-state index in [4.69, 9.17) is 0 Å². The molecule has 1 fully saturated rings. The zero-order chi connectivity index (χ0) is 15.1. The number of urea groups is 1. The average molecular weight is 290 g/mol. The van der Waals surface area contributed by atoms with Gasteiger partial charge in [0.05, 0.1) is 6.10 Å². The van der Waals surface area contributed by atoms with Crippen LogP contribution in [0.2, 0.25) is 0 Å². The van der Waals surface area contributed by atoms with E-state index in [1.165, 1.54) is 5.56 Å². The van der Waals surface area contributed by atoms with Gasteiger partial charge in [0, 0.05) is 12.2 Å². The van der Waals surface area contributed by atoms with E-state index >= 15 is 0 Å². The number of nitrogens with one attached hydrogen (secondary N) is 2. The molecule has 4 heteroatoms. The quantitative estimate of drug-likeness (QED) is 0.779. The highest BCUT2D eigenvalue weighted by Crippen LogP contribution is 2.23. The van der Waals surface area contributed by atoms with E-state index in [2.05, 4.69) is 23.6 Å². The van der Waals surface area contributed by atoms with Gasteiger partial charge in [-0.3, -0.25) is 0 Å². The van der Waals surface area contributed by atoms with Crippen molar-refractivity contribution in [3.63, 3.8) is 0 Å². The fraction of sp³-hybridized carbons (Fsp3) is 0.588. The Kier molecular flexibility index (Phi) is 6.05. The Morgan fingerprint density at radius 1 is 1.33 bits per heavy atom. The lowest BCUT2D eigenvalue weighted by Gasteiger charge is -2.26. The molecule has 2 unspecified atom stereocenters. The average Bonchev–Trinajstić information content (AvgIpc) is 2.48. The number of carbonyl (C=O) groups excluding carboxylic acids is 1. The van der Waals surface area contributed by atoms with Gasteiger partial charge in [0.15, 0.2) is 0 Å². The Bertz CT molecular complexity index is 462. The third-order valence-corrected chi connectivity index (χ3v) is 4.09. The van der Waals surface area contributed by atoms with Crippen molar-refractivity contribution in [3.8, 4) is 0 Å². The van der Waals surface area contributed by atoms with Crippen molar-refractivity contribution in [1.29, 1.82) is 0 Å². The second-order valence-corrected chi connectivity index (χ2v) is 5.93. The molecule has 0 spiro atoms. The highest BCUT2D eigenvalue weighted by atomic mass is 16.3. The molecular formula is C17H26N2O2. The molecule has 116 valence electrons. The highest BCUT2D eigenvalue weighted by molar-refractivity contribution is 5.90. The minimum Gasteiger partial charge on any atom is -0.393 e. The fourth-order valence-electron chi connectivity index (χ4n) is 2.98. The normalized spacial score (nSPS) is 21.8. The number of aliphatic hydroxyl groups excluding tert-OH is 1. The first-order chi connectivity index (χ1) is 10.2. The lowest BCUT2D eigenvalue weighted by Crippen LogP contribution is -2.35. The summed E-state index contributed by atoms with van der Waals surface area (Å²) in [6, 6.07) is 7.77. The molecular weight excluding hydrogens is 264 g/mol. The van der Waals surface area contributed by atoms with E-state index in [0.29, 0.717) is 12.5 Å². The predicted octanol–water partition coefficient (Wildman–Crippen LogP) is 3.31. The van der Waals surface area contributed by atoms with Crippen LogP contribution in [-0.2, 0) is 6.42 Å². The van der Waals surface area contributed by atoms with E-state index in [1.807, 2.05) is 18.2 Å². The summed E-state index contributed by atoms with van der Waals surface area (Å²) in [5, 5.41) is 15.5. The first-order valence-electron chi connectivity index (χ1n) is 8.00. The molecule has 0 aliphatic heterocycles. The van der Waals surface area contributed by atoms with Crippen molar-refractivity contribution < 1.29 is 9.90 Å². The number of aliphatic hydroxyl groups is 1. The number of rotatable bonds is 5. The summed E-state index contributed by atoms with van der Waals surface area (Å²) in [4.78, 5) is 12.0. The third-order valence-electron chi connectivity index (χ3n) is 4.09. The SMILES string of the molecule is CCCc1ccccc1NC(=O)NCC1CCCC(O)C1. The maximum absolute atomic E-state index is 12.0. The van der Waals surface area contributed by atoms with Gasteiger partial charge in [-0.25, -0.2) is 4.79 Å². The van der Waals surface area contributed by atoms with Crippen LogP contribution in [0.25, 0.3) is 0 Å². The lowest BCUT2D eigenvalue weighted by molar-refractivity contribution is 0.101. The maximum Gasteiger partial charge on any atom is 0.319 e. The molecule has 0 heterocycles. The van der Waals surface area contributed by atoms with Gasteiger partial charge in [0.1, 0.15) is 0 Å². The van der Waals surface area contributed by atoms with Gasteiger partial charge in [-0.2, -0.15) is 0 Å². The number of hydrogen-bond acceptors (Lipinski definition) is 2. The Morgan fingerprint density at radius 3 is 2.90 bits per heavy atom. The largest absolute Gasteiger partial charge is 0.393 e. The molecule has 1 aliphatic rings. The van der Waals surface area contributed by atoms with Gasteiger partial charge in [-0.1, -0.05) is 38.0 Å². The minimum absolute atomic E-state index is 0.154. The van der Waals surface area contributed by atoms with Crippen LogP contribution >= 0.6 is 0 Å². The monoisotopic (exact) mass is 290 g/mol. The first kappa shape index (κ1) is 15.8. The fourth-order valence-corrected chi connectivity index (χ4v) is 2.98. The maximum atomic E-state index is 12.0. The molecule has 0 radical (unpaired) electrons. The van der Waals surface area contributed by atoms with Crippen molar-refractivity contribution in [3.05, 3.63) is 29.8 Å². The summed E-state index contributed by atoms with van der Waals surface area (Å²) >= 11 is 0. The van der Waals surface area contributed by atoms with Crippen LogP contribution in [0.5, 0.6) is 0 Å². The van der Waals surface area contributed by atoms with Gasteiger partial charge < -0.3 is 15.7 Å². The predicted molar refractivity (Wildman–Crippen MR) is 85.4 cm³/mol. The number of hydrogen-bond donors (Lipinski definition) is 3. The Hall–Kier alpha value is -1.55. The first-order valence-corrected chi connectivity index (χ1v) is 8.00. The molecule has 4 nitrogen and oxygen atoms in total. The summed E-state index contributed by atoms with van der Waals surface area (Å²) in [7, 11) is 0. The summed E-state index contributed by atoms with van der Waals surface area (Å²) in [6.45, 7) is 2.77. The second kappa shape index (κ2) is 8.03. The molecule has 1 aromatic rings. The van der Waals surface area contributed by atoms with Crippen LogP contribution in [0.1, 0.15) is 44.6 Å². The molecule has 2 amide bonds. The molecule has 1 aromatic carbocycles. The van der Waals surface area contributed by atoms with Crippen molar-refractivity contribution in [2.24, 2.45) is 5.92 Å². The Balaban J connectivity index is 1.81. The summed E-state index contributed by atoms with van der Waals surface area (Å²) in [5.41, 5.74) is 2.06. The van der Waals surface area contributed by atoms with Gasteiger partial charge in [-0.15, -0.1) is 0 Å². The van der Waals surface area contributed by atoms with Crippen LogP contribution in [0.15, 0.2) is 24.3 Å². The molecule has 0 saturated heterocycles. The smallest absolute Gasteiger partial charge is 0.319 e. The summed E-state index contributed by atoms with van der Waals surface area (Å²) < 4.78 is 0. The molecule has 2 atom stereocenters. The zero-order valence-corrected chi connectivity index (χ0v) is 12.8. The number of amides is 2. The molecule has 1 aliphatic carbocycles. The third kappa shape index (κ3) is 5.05. The van der Waals surface area contributed by atoms with Crippen molar-refractivity contribution in [1.82, 2.24) is 5.32 Å². The molecule has 0 bridgehead atoms. The van der Waals surface area contributed by atoms with Crippen molar-refractivity contribution in [2.45, 2.75) is 51.6 Å². The van der Waals surface area contributed by atoms with Gasteiger partial charge in [-0.05, 0) is 43.2 Å². The van der Waals surface area contributed by atoms with E-state index < -0.39 is 0 Å². The molecule has 1 saturated carbocycles. The second-order valence-electron chi connectivity index (χ2n) is 5.93. The van der Waals surface area contributed by atoms with Gasteiger partial charge in [0.25, 0.3) is 0 Å². The van der Waals surface area contributed by atoms with E-state index in [9.17, 15) is 9.90 Å². The Morgan fingerprint density at radius 2 is 2.14 bits per heavy atom. The van der Waals surface area contributed by atoms with Crippen LogP contribution < -0.4 is 10.6 Å². The Labute approximate surface area is 126 Å². The number of aryl methyl sites for hydroxylation is 1. The summed E-state index contributed by atoms with van der Waals surface area (Å²) in [6.07, 6.45) is 5.66. The molecule has 2 rings (SSSR count).